The summed E-state index contributed by atoms with van der Waals surface area (Å²) >= 11 is 0. The van der Waals surface area contributed by atoms with E-state index in [1.807, 2.05) is 12.2 Å². The van der Waals surface area contributed by atoms with Crippen LogP contribution in [0.3, 0.4) is 0 Å². The van der Waals surface area contributed by atoms with Crippen LogP contribution in [0.2, 0.25) is 0 Å². The molecule has 0 radical (unpaired) electrons. The second-order valence-electron chi connectivity index (χ2n) is 6.36. The third-order valence-corrected chi connectivity index (χ3v) is 3.70. The molecule has 0 aromatic heterocycles. The van der Waals surface area contributed by atoms with E-state index >= 15 is 0 Å². The Kier molecular flexibility index (Phi) is 13.0. The summed E-state index contributed by atoms with van der Waals surface area (Å²) in [4.78, 5) is 0. The largest absolute Gasteiger partial charge is 0.381 e. The van der Waals surface area contributed by atoms with Gasteiger partial charge in [0.25, 0.3) is 0 Å². The summed E-state index contributed by atoms with van der Waals surface area (Å²) < 4.78 is 11.4. The first kappa shape index (κ1) is 21.0. The second kappa shape index (κ2) is 13.6. The molecule has 2 heteroatoms. The van der Waals surface area contributed by atoms with Gasteiger partial charge in [-0.05, 0) is 32.1 Å². The van der Waals surface area contributed by atoms with Gasteiger partial charge in [-0.2, -0.15) is 0 Å². The van der Waals surface area contributed by atoms with E-state index in [-0.39, 0.29) is 11.5 Å². The van der Waals surface area contributed by atoms with Crippen molar-refractivity contribution < 1.29 is 9.47 Å². The molecule has 0 spiro atoms. The van der Waals surface area contributed by atoms with Crippen molar-refractivity contribution in [1.82, 2.24) is 0 Å². The summed E-state index contributed by atoms with van der Waals surface area (Å²) in [6.07, 6.45) is 16.8. The molecular weight excluding hydrogens is 272 g/mol. The Morgan fingerprint density at radius 1 is 1.00 bits per heavy atom. The van der Waals surface area contributed by atoms with E-state index in [9.17, 15) is 0 Å². The smallest absolute Gasteiger partial charge is 0.123 e. The van der Waals surface area contributed by atoms with Gasteiger partial charge in [-0.25, -0.2) is 0 Å². The Balaban J connectivity index is 3.54. The molecule has 0 bridgehead atoms. The van der Waals surface area contributed by atoms with Crippen LogP contribution in [0, 0.1) is 17.8 Å². The fraction of sp³-hybridized carbons (Fsp3) is 0.700. The van der Waals surface area contributed by atoms with E-state index in [0.717, 1.165) is 58.3 Å². The van der Waals surface area contributed by atoms with Crippen LogP contribution < -0.4 is 0 Å². The van der Waals surface area contributed by atoms with Gasteiger partial charge in [0.15, 0.2) is 0 Å². The predicted octanol–water partition coefficient (Wildman–Crippen LogP) is 5.15. The van der Waals surface area contributed by atoms with Crippen molar-refractivity contribution in [1.29, 1.82) is 0 Å². The molecular formula is C20H34O2. The van der Waals surface area contributed by atoms with Crippen LogP contribution in [0.5, 0.6) is 0 Å². The molecule has 0 aliphatic rings. The number of unbranched alkanes of at least 4 members (excludes halogenated alkanes) is 4. The van der Waals surface area contributed by atoms with Crippen LogP contribution in [0.25, 0.3) is 0 Å². The highest BCUT2D eigenvalue weighted by atomic mass is 16.5. The summed E-state index contributed by atoms with van der Waals surface area (Å²) in [6.45, 7) is 14.2. The van der Waals surface area contributed by atoms with E-state index < -0.39 is 0 Å². The fourth-order valence-corrected chi connectivity index (χ4v) is 2.27. The number of allylic oxidation sites excluding steroid dienone is 2. The Labute approximate surface area is 138 Å². The van der Waals surface area contributed by atoms with Gasteiger partial charge in [0.2, 0.25) is 0 Å². The van der Waals surface area contributed by atoms with Gasteiger partial charge in [0.05, 0.1) is 0 Å². The van der Waals surface area contributed by atoms with Crippen LogP contribution in [0.4, 0.5) is 0 Å². The van der Waals surface area contributed by atoms with Crippen molar-refractivity contribution in [2.24, 2.45) is 5.41 Å². The molecule has 0 fully saturated rings. The number of terminal acetylenes is 1. The van der Waals surface area contributed by atoms with Crippen LogP contribution in [0.15, 0.2) is 25.3 Å². The molecule has 0 saturated heterocycles. The Hall–Kier alpha value is -1.04. The van der Waals surface area contributed by atoms with Gasteiger partial charge in [-0.3, -0.25) is 0 Å². The number of ether oxygens (including phenoxy) is 2. The lowest BCUT2D eigenvalue weighted by molar-refractivity contribution is 0.0123. The molecule has 0 saturated carbocycles. The zero-order chi connectivity index (χ0) is 16.7. The molecule has 22 heavy (non-hydrogen) atoms. The zero-order valence-corrected chi connectivity index (χ0v) is 14.6. The van der Waals surface area contributed by atoms with E-state index in [1.165, 1.54) is 6.42 Å². The van der Waals surface area contributed by atoms with Crippen LogP contribution >= 0.6 is 0 Å². The third kappa shape index (κ3) is 10.7. The van der Waals surface area contributed by atoms with E-state index in [2.05, 4.69) is 32.9 Å². The number of rotatable bonds is 15. The molecule has 0 amide bonds. The zero-order valence-electron chi connectivity index (χ0n) is 14.6. The Bertz CT molecular complexity index is 325. The maximum absolute atomic E-state index is 5.86. The molecule has 0 aromatic carbocycles. The topological polar surface area (TPSA) is 18.5 Å². The van der Waals surface area contributed by atoms with Crippen molar-refractivity contribution in [3.05, 3.63) is 25.3 Å². The Morgan fingerprint density at radius 2 is 1.64 bits per heavy atom. The lowest BCUT2D eigenvalue weighted by Gasteiger charge is -2.29. The number of hydrogen-bond acceptors (Lipinski definition) is 2. The van der Waals surface area contributed by atoms with Crippen molar-refractivity contribution in [3.8, 4) is 12.3 Å². The van der Waals surface area contributed by atoms with Gasteiger partial charge >= 0.3 is 0 Å². The highest BCUT2D eigenvalue weighted by Gasteiger charge is 2.27. The standard InChI is InChI=1S/C20H34O2/c1-6-9-12-16-21-17-13-10-11-14-18-22-19(8-3)20(4,5)15-7-2/h3,6-7,19H,1-2,9-18H2,4-5H3. The minimum absolute atomic E-state index is 0.0459. The summed E-state index contributed by atoms with van der Waals surface area (Å²) in [6, 6.07) is 0. The highest BCUT2D eigenvalue weighted by Crippen LogP contribution is 2.27. The van der Waals surface area contributed by atoms with Crippen molar-refractivity contribution in [2.45, 2.75) is 64.9 Å². The fourth-order valence-electron chi connectivity index (χ4n) is 2.27. The maximum Gasteiger partial charge on any atom is 0.123 e. The van der Waals surface area contributed by atoms with E-state index in [1.54, 1.807) is 0 Å². The maximum atomic E-state index is 5.86. The first-order valence-electron chi connectivity index (χ1n) is 8.45. The number of hydrogen-bond donors (Lipinski definition) is 0. The van der Waals surface area contributed by atoms with Gasteiger partial charge in [-0.1, -0.05) is 44.8 Å². The minimum Gasteiger partial charge on any atom is -0.381 e. The molecule has 126 valence electrons. The molecule has 0 heterocycles. The first-order valence-corrected chi connectivity index (χ1v) is 8.45. The van der Waals surface area contributed by atoms with Crippen molar-refractivity contribution in [3.63, 3.8) is 0 Å². The molecule has 0 N–H and O–H groups in total. The lowest BCUT2D eigenvalue weighted by Crippen LogP contribution is -2.30. The molecule has 0 aromatic rings. The van der Waals surface area contributed by atoms with Gasteiger partial charge in [0, 0.05) is 25.2 Å². The summed E-state index contributed by atoms with van der Waals surface area (Å²) in [5.41, 5.74) is -0.0459. The second-order valence-corrected chi connectivity index (χ2v) is 6.36. The summed E-state index contributed by atoms with van der Waals surface area (Å²) in [5, 5.41) is 0. The summed E-state index contributed by atoms with van der Waals surface area (Å²) in [7, 11) is 0. The molecule has 0 aliphatic carbocycles. The van der Waals surface area contributed by atoms with E-state index in [4.69, 9.17) is 15.9 Å². The molecule has 2 nitrogen and oxygen atoms in total. The van der Waals surface area contributed by atoms with E-state index in [0.29, 0.717) is 0 Å². The van der Waals surface area contributed by atoms with Gasteiger partial charge in [0.1, 0.15) is 6.10 Å². The monoisotopic (exact) mass is 306 g/mol. The summed E-state index contributed by atoms with van der Waals surface area (Å²) in [5.74, 6) is 2.77. The SMILES string of the molecule is C#CC(OCCCCCCOCCCC=C)C(C)(C)CC=C. The van der Waals surface area contributed by atoms with Crippen molar-refractivity contribution >= 4 is 0 Å². The lowest BCUT2D eigenvalue weighted by atomic mass is 9.83. The van der Waals surface area contributed by atoms with Crippen LogP contribution in [-0.2, 0) is 9.47 Å². The average molecular weight is 306 g/mol. The Morgan fingerprint density at radius 3 is 2.23 bits per heavy atom. The highest BCUT2D eigenvalue weighted by molar-refractivity contribution is 5.04. The average Bonchev–Trinajstić information content (AvgIpc) is 2.48. The molecule has 0 rings (SSSR count). The normalized spacial score (nSPS) is 12.6. The van der Waals surface area contributed by atoms with Gasteiger partial charge < -0.3 is 9.47 Å². The third-order valence-electron chi connectivity index (χ3n) is 3.70. The first-order chi connectivity index (χ1) is 10.6. The predicted molar refractivity (Wildman–Crippen MR) is 95.9 cm³/mol. The van der Waals surface area contributed by atoms with Crippen LogP contribution in [0.1, 0.15) is 58.8 Å². The quantitative estimate of drug-likeness (QED) is 0.237. The molecule has 1 atom stereocenters. The molecule has 1 unspecified atom stereocenters. The molecule has 0 aliphatic heterocycles. The van der Waals surface area contributed by atoms with Crippen molar-refractivity contribution in [2.75, 3.05) is 19.8 Å². The van der Waals surface area contributed by atoms with Crippen LogP contribution in [-0.4, -0.2) is 25.9 Å². The minimum atomic E-state index is -0.140. The van der Waals surface area contributed by atoms with Gasteiger partial charge in [-0.15, -0.1) is 19.6 Å².